The molecule has 0 aliphatic carbocycles. The number of nitrogens with one attached hydrogen (secondary N) is 2. The molecule has 0 spiro atoms. The first-order valence-electron chi connectivity index (χ1n) is 5.64. The van der Waals surface area contributed by atoms with Gasteiger partial charge in [0.05, 0.1) is 6.54 Å². The van der Waals surface area contributed by atoms with E-state index in [0.717, 1.165) is 11.3 Å². The van der Waals surface area contributed by atoms with Crippen molar-refractivity contribution in [1.82, 2.24) is 10.5 Å². The van der Waals surface area contributed by atoms with Crippen LogP contribution in [0.1, 0.15) is 5.56 Å². The van der Waals surface area contributed by atoms with Gasteiger partial charge in [0.2, 0.25) is 5.96 Å². The van der Waals surface area contributed by atoms with Gasteiger partial charge in [-0.15, -0.1) is 0 Å². The maximum absolute atomic E-state index is 9.05. The van der Waals surface area contributed by atoms with Crippen molar-refractivity contribution in [3.63, 3.8) is 0 Å². The van der Waals surface area contributed by atoms with Crippen molar-refractivity contribution >= 4 is 23.2 Å². The van der Waals surface area contributed by atoms with Gasteiger partial charge in [-0.2, -0.15) is 0 Å². The summed E-state index contributed by atoms with van der Waals surface area (Å²) in [5.74, 6) is 0.249. The average Bonchev–Trinajstić information content (AvgIpc) is 2.44. The molecule has 0 aliphatic rings. The van der Waals surface area contributed by atoms with Crippen molar-refractivity contribution in [3.8, 4) is 0 Å². The summed E-state index contributed by atoms with van der Waals surface area (Å²) in [7, 11) is 0. The highest BCUT2D eigenvalue weighted by Gasteiger charge is 1.99. The Balaban J connectivity index is 2.04. The van der Waals surface area contributed by atoms with Crippen LogP contribution in [-0.2, 0) is 6.54 Å². The number of hydrogen-bond acceptors (Lipinski definition) is 3. The minimum atomic E-state index is 0.249. The molecule has 0 saturated heterocycles. The monoisotopic (exact) mass is 276 g/mol. The summed E-state index contributed by atoms with van der Waals surface area (Å²) in [5, 5.41) is 12.6. The van der Waals surface area contributed by atoms with Crippen molar-refractivity contribution < 1.29 is 5.21 Å². The Bertz CT molecular complexity index is 560. The van der Waals surface area contributed by atoms with Crippen LogP contribution < -0.4 is 10.8 Å². The van der Waals surface area contributed by atoms with Gasteiger partial charge in [0.15, 0.2) is 0 Å². The number of halogens is 1. The van der Waals surface area contributed by atoms with Gasteiger partial charge in [-0.25, -0.2) is 10.5 Å². The van der Waals surface area contributed by atoms with Crippen molar-refractivity contribution in [2.45, 2.75) is 6.54 Å². The van der Waals surface area contributed by atoms with E-state index in [4.69, 9.17) is 16.8 Å². The molecular weight excluding hydrogens is 264 g/mol. The second-order valence-corrected chi connectivity index (χ2v) is 4.20. The predicted octanol–water partition coefficient (Wildman–Crippen LogP) is 2.68. The minimum absolute atomic E-state index is 0.249. The molecule has 3 N–H and O–H groups in total. The molecule has 1 aromatic heterocycles. The molecule has 2 rings (SSSR count). The van der Waals surface area contributed by atoms with Crippen LogP contribution in [0.5, 0.6) is 0 Å². The van der Waals surface area contributed by atoms with Crippen molar-refractivity contribution in [1.29, 1.82) is 0 Å². The number of rotatable bonds is 3. The van der Waals surface area contributed by atoms with E-state index in [2.05, 4.69) is 15.3 Å². The van der Waals surface area contributed by atoms with Gasteiger partial charge in [0.1, 0.15) is 0 Å². The molecule has 1 aromatic carbocycles. The largest absolute Gasteiger partial charge is 0.325 e. The zero-order valence-corrected chi connectivity index (χ0v) is 10.8. The van der Waals surface area contributed by atoms with Crippen LogP contribution in [0.15, 0.2) is 53.8 Å². The second kappa shape index (κ2) is 6.72. The van der Waals surface area contributed by atoms with Crippen molar-refractivity contribution in [2.75, 3.05) is 5.32 Å². The SMILES string of the molecule is ONC(=NCc1ccncc1)Nc1cccc(Cl)c1. The first-order chi connectivity index (χ1) is 9.28. The zero-order chi connectivity index (χ0) is 13.5. The summed E-state index contributed by atoms with van der Waals surface area (Å²) in [6.45, 7) is 0.430. The number of pyridine rings is 1. The van der Waals surface area contributed by atoms with E-state index in [1.54, 1.807) is 24.5 Å². The number of guanidine groups is 1. The van der Waals surface area contributed by atoms with E-state index in [1.807, 2.05) is 29.7 Å². The number of nitrogens with zero attached hydrogens (tertiary/aromatic N) is 2. The molecule has 0 radical (unpaired) electrons. The van der Waals surface area contributed by atoms with Crippen LogP contribution >= 0.6 is 11.6 Å². The molecule has 1 heterocycles. The summed E-state index contributed by atoms with van der Waals surface area (Å²) >= 11 is 5.87. The first-order valence-corrected chi connectivity index (χ1v) is 6.02. The van der Waals surface area contributed by atoms with E-state index in [-0.39, 0.29) is 5.96 Å². The van der Waals surface area contributed by atoms with Gasteiger partial charge in [0, 0.05) is 23.1 Å². The van der Waals surface area contributed by atoms with Crippen LogP contribution in [0, 0.1) is 0 Å². The van der Waals surface area contributed by atoms with Gasteiger partial charge < -0.3 is 5.32 Å². The van der Waals surface area contributed by atoms with Crippen molar-refractivity contribution in [3.05, 3.63) is 59.4 Å². The topological polar surface area (TPSA) is 69.5 Å². The fourth-order valence-electron chi connectivity index (χ4n) is 1.46. The second-order valence-electron chi connectivity index (χ2n) is 3.77. The summed E-state index contributed by atoms with van der Waals surface area (Å²) in [5.41, 5.74) is 3.75. The predicted molar refractivity (Wildman–Crippen MR) is 75.4 cm³/mol. The summed E-state index contributed by atoms with van der Waals surface area (Å²) in [6, 6.07) is 10.9. The summed E-state index contributed by atoms with van der Waals surface area (Å²) in [4.78, 5) is 8.14. The van der Waals surface area contributed by atoms with Gasteiger partial charge >= 0.3 is 0 Å². The third-order valence-electron chi connectivity index (χ3n) is 2.36. The summed E-state index contributed by atoms with van der Waals surface area (Å²) in [6.07, 6.45) is 3.39. The molecule has 98 valence electrons. The third-order valence-corrected chi connectivity index (χ3v) is 2.60. The Morgan fingerprint density at radius 1 is 1.26 bits per heavy atom. The molecule has 6 heteroatoms. The molecule has 0 fully saturated rings. The summed E-state index contributed by atoms with van der Waals surface area (Å²) < 4.78 is 0. The number of aromatic nitrogens is 1. The third kappa shape index (κ3) is 4.24. The van der Waals surface area contributed by atoms with Gasteiger partial charge in [-0.3, -0.25) is 10.2 Å². The van der Waals surface area contributed by atoms with Crippen LogP contribution in [0.4, 0.5) is 5.69 Å². The maximum Gasteiger partial charge on any atom is 0.220 e. The lowest BCUT2D eigenvalue weighted by molar-refractivity contribution is 0.234. The van der Waals surface area contributed by atoms with Crippen LogP contribution in [0.3, 0.4) is 0 Å². The molecule has 0 amide bonds. The van der Waals surface area contributed by atoms with E-state index in [9.17, 15) is 0 Å². The lowest BCUT2D eigenvalue weighted by Gasteiger charge is -2.08. The average molecular weight is 277 g/mol. The lowest BCUT2D eigenvalue weighted by Crippen LogP contribution is -2.27. The Hall–Kier alpha value is -2.11. The molecule has 0 atom stereocenters. The standard InChI is InChI=1S/C13H13ClN4O/c14-11-2-1-3-12(8-11)17-13(18-19)16-9-10-4-6-15-7-5-10/h1-8,19H,9H2,(H2,16,17,18). The quantitative estimate of drug-likeness (QED) is 0.458. The number of hydroxylamine groups is 1. The molecule has 0 saturated carbocycles. The first kappa shape index (κ1) is 13.3. The molecule has 0 bridgehead atoms. The van der Waals surface area contributed by atoms with Crippen LogP contribution in [-0.4, -0.2) is 16.2 Å². The van der Waals surface area contributed by atoms with E-state index < -0.39 is 0 Å². The fourth-order valence-corrected chi connectivity index (χ4v) is 1.65. The maximum atomic E-state index is 9.05. The number of aliphatic imine (C=N–C) groups is 1. The molecule has 0 unspecified atom stereocenters. The minimum Gasteiger partial charge on any atom is -0.325 e. The molecule has 2 aromatic rings. The highest BCUT2D eigenvalue weighted by Crippen LogP contribution is 2.14. The molecule has 5 nitrogen and oxygen atoms in total. The Morgan fingerprint density at radius 2 is 2.05 bits per heavy atom. The Kier molecular flexibility index (Phi) is 4.72. The number of benzene rings is 1. The lowest BCUT2D eigenvalue weighted by atomic mass is 10.3. The Labute approximate surface area is 115 Å². The van der Waals surface area contributed by atoms with Crippen LogP contribution in [0.2, 0.25) is 5.02 Å². The molecular formula is C13H13ClN4O. The zero-order valence-electron chi connectivity index (χ0n) is 10.0. The molecule has 0 aliphatic heterocycles. The fraction of sp³-hybridized carbons (Fsp3) is 0.0769. The van der Waals surface area contributed by atoms with E-state index in [1.165, 1.54) is 0 Å². The van der Waals surface area contributed by atoms with E-state index >= 15 is 0 Å². The van der Waals surface area contributed by atoms with Crippen LogP contribution in [0.25, 0.3) is 0 Å². The smallest absolute Gasteiger partial charge is 0.220 e. The van der Waals surface area contributed by atoms with Gasteiger partial charge in [-0.05, 0) is 35.9 Å². The number of hydrogen-bond donors (Lipinski definition) is 3. The van der Waals surface area contributed by atoms with Gasteiger partial charge in [0.25, 0.3) is 0 Å². The highest BCUT2D eigenvalue weighted by molar-refractivity contribution is 6.30. The number of anilines is 1. The Morgan fingerprint density at radius 3 is 2.74 bits per heavy atom. The van der Waals surface area contributed by atoms with Crippen molar-refractivity contribution in [2.24, 2.45) is 4.99 Å². The van der Waals surface area contributed by atoms with Gasteiger partial charge in [-0.1, -0.05) is 17.7 Å². The van der Waals surface area contributed by atoms with E-state index in [0.29, 0.717) is 11.6 Å². The normalized spacial score (nSPS) is 11.2. The highest BCUT2D eigenvalue weighted by atomic mass is 35.5. The molecule has 19 heavy (non-hydrogen) atoms.